The third kappa shape index (κ3) is 2.06. The van der Waals surface area contributed by atoms with E-state index in [0.29, 0.717) is 6.04 Å². The lowest BCUT2D eigenvalue weighted by Gasteiger charge is -2.33. The number of aromatic nitrogens is 2. The maximum atomic E-state index is 4.26. The molecule has 4 heteroatoms. The van der Waals surface area contributed by atoms with Crippen LogP contribution in [0.5, 0.6) is 0 Å². The van der Waals surface area contributed by atoms with Crippen molar-refractivity contribution < 1.29 is 0 Å². The third-order valence-corrected chi connectivity index (χ3v) is 3.30. The van der Waals surface area contributed by atoms with Crippen molar-refractivity contribution in [3.05, 3.63) is 17.0 Å². The van der Waals surface area contributed by atoms with Gasteiger partial charge >= 0.3 is 0 Å². The Hall–Kier alpha value is -0.870. The highest BCUT2D eigenvalue weighted by atomic mass is 15.2. The quantitative estimate of drug-likeness (QED) is 0.762. The Kier molecular flexibility index (Phi) is 3.07. The standard InChI is InChI=1S/C11H20N4/c1-8-11(9(2)14-13-8)10(3)15-6-4-12-5-7-15/h10,12H,4-7H2,1-3H3,(H,13,14). The molecule has 0 aromatic carbocycles. The maximum absolute atomic E-state index is 4.26. The summed E-state index contributed by atoms with van der Waals surface area (Å²) in [6.45, 7) is 10.9. The van der Waals surface area contributed by atoms with Gasteiger partial charge in [-0.1, -0.05) is 0 Å². The van der Waals surface area contributed by atoms with Crippen molar-refractivity contribution in [1.82, 2.24) is 20.4 Å². The van der Waals surface area contributed by atoms with Crippen LogP contribution >= 0.6 is 0 Å². The molecule has 1 aliphatic heterocycles. The largest absolute Gasteiger partial charge is 0.314 e. The Bertz CT molecular complexity index is 306. The second kappa shape index (κ2) is 4.33. The van der Waals surface area contributed by atoms with Crippen LogP contribution in [0.25, 0.3) is 0 Å². The predicted molar refractivity (Wildman–Crippen MR) is 60.9 cm³/mol. The molecule has 0 spiro atoms. The Morgan fingerprint density at radius 3 is 2.47 bits per heavy atom. The summed E-state index contributed by atoms with van der Waals surface area (Å²) in [6, 6.07) is 0.478. The Morgan fingerprint density at radius 2 is 1.93 bits per heavy atom. The number of piperazine rings is 1. The van der Waals surface area contributed by atoms with Crippen LogP contribution in [0, 0.1) is 13.8 Å². The molecule has 0 aliphatic carbocycles. The number of nitrogens with one attached hydrogen (secondary N) is 2. The van der Waals surface area contributed by atoms with Crippen molar-refractivity contribution in [2.45, 2.75) is 26.8 Å². The summed E-state index contributed by atoms with van der Waals surface area (Å²) in [7, 11) is 0. The van der Waals surface area contributed by atoms with Gasteiger partial charge in [-0.25, -0.2) is 0 Å². The minimum absolute atomic E-state index is 0.478. The molecule has 1 aromatic heterocycles. The van der Waals surface area contributed by atoms with Crippen LogP contribution in [-0.4, -0.2) is 41.3 Å². The van der Waals surface area contributed by atoms with Crippen LogP contribution in [-0.2, 0) is 0 Å². The molecule has 0 bridgehead atoms. The van der Waals surface area contributed by atoms with Crippen LogP contribution in [0.15, 0.2) is 0 Å². The summed E-state index contributed by atoms with van der Waals surface area (Å²) in [4.78, 5) is 2.52. The molecule has 2 N–H and O–H groups in total. The Balaban J connectivity index is 2.15. The average molecular weight is 208 g/mol. The first-order valence-electron chi connectivity index (χ1n) is 5.66. The van der Waals surface area contributed by atoms with Gasteiger partial charge in [0.1, 0.15) is 0 Å². The molecule has 0 amide bonds. The van der Waals surface area contributed by atoms with Gasteiger partial charge in [-0.2, -0.15) is 5.10 Å². The molecule has 1 saturated heterocycles. The number of aryl methyl sites for hydroxylation is 2. The number of nitrogens with zero attached hydrogens (tertiary/aromatic N) is 2. The molecule has 84 valence electrons. The summed E-state index contributed by atoms with van der Waals surface area (Å²) in [5, 5.41) is 10.7. The number of rotatable bonds is 2. The van der Waals surface area contributed by atoms with Crippen molar-refractivity contribution in [2.75, 3.05) is 26.2 Å². The van der Waals surface area contributed by atoms with E-state index in [-0.39, 0.29) is 0 Å². The van der Waals surface area contributed by atoms with Gasteiger partial charge in [0.05, 0.1) is 5.69 Å². The molecule has 15 heavy (non-hydrogen) atoms. The normalized spacial score (nSPS) is 20.5. The monoisotopic (exact) mass is 208 g/mol. The number of hydrogen-bond acceptors (Lipinski definition) is 3. The van der Waals surface area contributed by atoms with Crippen molar-refractivity contribution in [2.24, 2.45) is 0 Å². The van der Waals surface area contributed by atoms with Crippen molar-refractivity contribution in [1.29, 1.82) is 0 Å². The fourth-order valence-corrected chi connectivity index (χ4v) is 2.43. The van der Waals surface area contributed by atoms with Crippen molar-refractivity contribution in [3.63, 3.8) is 0 Å². The lowest BCUT2D eigenvalue weighted by Crippen LogP contribution is -2.44. The number of aromatic amines is 1. The minimum Gasteiger partial charge on any atom is -0.314 e. The van der Waals surface area contributed by atoms with E-state index < -0.39 is 0 Å². The van der Waals surface area contributed by atoms with Crippen LogP contribution < -0.4 is 5.32 Å². The van der Waals surface area contributed by atoms with E-state index in [1.165, 1.54) is 11.3 Å². The molecule has 0 saturated carbocycles. The highest BCUT2D eigenvalue weighted by molar-refractivity contribution is 5.26. The van der Waals surface area contributed by atoms with Gasteiger partial charge in [-0.15, -0.1) is 0 Å². The second-order valence-electron chi connectivity index (χ2n) is 4.31. The summed E-state index contributed by atoms with van der Waals surface area (Å²) < 4.78 is 0. The Labute approximate surface area is 91.1 Å². The molecule has 4 nitrogen and oxygen atoms in total. The first-order valence-corrected chi connectivity index (χ1v) is 5.66. The van der Waals surface area contributed by atoms with Gasteiger partial charge in [-0.05, 0) is 20.8 Å². The molecule has 2 heterocycles. The highest BCUT2D eigenvalue weighted by Crippen LogP contribution is 2.24. The minimum atomic E-state index is 0.478. The molecule has 0 radical (unpaired) electrons. The van der Waals surface area contributed by atoms with E-state index >= 15 is 0 Å². The van der Waals surface area contributed by atoms with Gasteiger partial charge < -0.3 is 5.32 Å². The summed E-state index contributed by atoms with van der Waals surface area (Å²) in [5.41, 5.74) is 3.72. The second-order valence-corrected chi connectivity index (χ2v) is 4.31. The van der Waals surface area contributed by atoms with Crippen molar-refractivity contribution >= 4 is 0 Å². The number of hydrogen-bond donors (Lipinski definition) is 2. The number of H-pyrrole nitrogens is 1. The molecule has 1 unspecified atom stereocenters. The molecule has 1 aliphatic rings. The summed E-state index contributed by atoms with van der Waals surface area (Å²) in [5.74, 6) is 0. The first-order chi connectivity index (χ1) is 7.20. The zero-order valence-electron chi connectivity index (χ0n) is 9.80. The molecule has 1 aromatic rings. The van der Waals surface area contributed by atoms with E-state index in [4.69, 9.17) is 0 Å². The van der Waals surface area contributed by atoms with E-state index in [1.807, 2.05) is 0 Å². The van der Waals surface area contributed by atoms with Crippen molar-refractivity contribution in [3.8, 4) is 0 Å². The zero-order chi connectivity index (χ0) is 10.8. The molecule has 1 atom stereocenters. The summed E-state index contributed by atoms with van der Waals surface area (Å²) >= 11 is 0. The SMILES string of the molecule is Cc1n[nH]c(C)c1C(C)N1CCNCC1. The van der Waals surface area contributed by atoms with Gasteiger partial charge in [-0.3, -0.25) is 10.00 Å². The average Bonchev–Trinajstić information content (AvgIpc) is 2.59. The van der Waals surface area contributed by atoms with E-state index in [2.05, 4.69) is 41.2 Å². The van der Waals surface area contributed by atoms with Crippen LogP contribution in [0.4, 0.5) is 0 Å². The molecular weight excluding hydrogens is 188 g/mol. The fraction of sp³-hybridized carbons (Fsp3) is 0.727. The van der Waals surface area contributed by atoms with E-state index in [9.17, 15) is 0 Å². The zero-order valence-corrected chi connectivity index (χ0v) is 9.80. The summed E-state index contributed by atoms with van der Waals surface area (Å²) in [6.07, 6.45) is 0. The van der Waals surface area contributed by atoms with Crippen LogP contribution in [0.1, 0.15) is 29.9 Å². The maximum Gasteiger partial charge on any atom is 0.0641 e. The lowest BCUT2D eigenvalue weighted by atomic mass is 10.0. The molecule has 1 fully saturated rings. The Morgan fingerprint density at radius 1 is 1.27 bits per heavy atom. The van der Waals surface area contributed by atoms with Gasteiger partial charge in [0.25, 0.3) is 0 Å². The molecule has 2 rings (SSSR count). The predicted octanol–water partition coefficient (Wildman–Crippen LogP) is 0.993. The van der Waals surface area contributed by atoms with Gasteiger partial charge in [0.15, 0.2) is 0 Å². The third-order valence-electron chi connectivity index (χ3n) is 3.30. The molecular formula is C11H20N4. The topological polar surface area (TPSA) is 44.0 Å². The van der Waals surface area contributed by atoms with Gasteiger partial charge in [0, 0.05) is 43.5 Å². The first kappa shape index (κ1) is 10.6. The van der Waals surface area contributed by atoms with E-state index in [0.717, 1.165) is 31.9 Å². The lowest BCUT2D eigenvalue weighted by molar-refractivity contribution is 0.184. The highest BCUT2D eigenvalue weighted by Gasteiger charge is 2.22. The van der Waals surface area contributed by atoms with Crippen LogP contribution in [0.3, 0.4) is 0 Å². The van der Waals surface area contributed by atoms with Crippen LogP contribution in [0.2, 0.25) is 0 Å². The van der Waals surface area contributed by atoms with Gasteiger partial charge in [0.2, 0.25) is 0 Å². The van der Waals surface area contributed by atoms with E-state index in [1.54, 1.807) is 0 Å². The fourth-order valence-electron chi connectivity index (χ4n) is 2.43. The smallest absolute Gasteiger partial charge is 0.0641 e.